The minimum absolute atomic E-state index is 0.0731. The minimum Gasteiger partial charge on any atom is -0.494 e. The summed E-state index contributed by atoms with van der Waals surface area (Å²) in [5.74, 6) is 2.01. The van der Waals surface area contributed by atoms with E-state index in [-0.39, 0.29) is 5.91 Å². The molecule has 0 bridgehead atoms. The molecule has 2 aromatic carbocycles. The van der Waals surface area contributed by atoms with Crippen LogP contribution in [0.1, 0.15) is 102 Å². The number of hydrogen-bond acceptors (Lipinski definition) is 4. The molecule has 0 N–H and O–H groups in total. The molecule has 1 aliphatic heterocycles. The molecule has 4 nitrogen and oxygen atoms in total. The monoisotopic (exact) mass is 550 g/mol. The van der Waals surface area contributed by atoms with Crippen molar-refractivity contribution in [1.29, 1.82) is 0 Å². The maximum absolute atomic E-state index is 12.4. The second-order valence-electron chi connectivity index (χ2n) is 10.8. The maximum atomic E-state index is 12.4. The first kappa shape index (κ1) is 31.1. The van der Waals surface area contributed by atoms with Gasteiger partial charge in [0.25, 0.3) is 0 Å². The van der Waals surface area contributed by atoms with Gasteiger partial charge in [-0.25, -0.2) is 0 Å². The fraction of sp³-hybridized carbons (Fsp3) is 0.559. The Hall–Kier alpha value is -2.40. The van der Waals surface area contributed by atoms with E-state index < -0.39 is 0 Å². The van der Waals surface area contributed by atoms with Crippen LogP contribution in [0.2, 0.25) is 0 Å². The van der Waals surface area contributed by atoms with Crippen molar-refractivity contribution in [2.45, 2.75) is 104 Å². The number of carbonyl (C=O) groups excluding carboxylic acids is 1. The minimum atomic E-state index is 0.0731. The highest BCUT2D eigenvalue weighted by Gasteiger charge is 2.12. The first-order valence-electron chi connectivity index (χ1n) is 15.3. The Morgan fingerprint density at radius 3 is 1.97 bits per heavy atom. The van der Waals surface area contributed by atoms with Crippen LogP contribution in [-0.4, -0.2) is 29.8 Å². The summed E-state index contributed by atoms with van der Waals surface area (Å²) in [6.07, 6.45) is 19.2. The molecule has 0 atom stereocenters. The van der Waals surface area contributed by atoms with E-state index >= 15 is 0 Å². The lowest BCUT2D eigenvalue weighted by Gasteiger charge is -2.22. The van der Waals surface area contributed by atoms with Crippen molar-refractivity contribution in [3.05, 3.63) is 71.3 Å². The van der Waals surface area contributed by atoms with Gasteiger partial charge >= 0.3 is 0 Å². The molecule has 2 aromatic rings. The van der Waals surface area contributed by atoms with Crippen molar-refractivity contribution in [2.75, 3.05) is 23.9 Å². The molecule has 0 spiro atoms. The van der Waals surface area contributed by atoms with Crippen LogP contribution >= 0.6 is 11.8 Å². The van der Waals surface area contributed by atoms with E-state index in [9.17, 15) is 4.79 Å². The second-order valence-corrected chi connectivity index (χ2v) is 11.7. The molecule has 1 aliphatic rings. The molecule has 0 aromatic heterocycles. The first-order chi connectivity index (χ1) is 19.2. The molecule has 0 aliphatic carbocycles. The third-order valence-corrected chi connectivity index (χ3v) is 8.23. The summed E-state index contributed by atoms with van der Waals surface area (Å²) in [5, 5.41) is 2.13. The second kappa shape index (κ2) is 18.8. The average molecular weight is 551 g/mol. The predicted molar refractivity (Wildman–Crippen MR) is 168 cm³/mol. The third kappa shape index (κ3) is 12.5. The number of amides is 1. The van der Waals surface area contributed by atoms with Crippen LogP contribution in [0.3, 0.4) is 0 Å². The van der Waals surface area contributed by atoms with E-state index in [1.54, 1.807) is 6.92 Å². The van der Waals surface area contributed by atoms with Gasteiger partial charge in [0.05, 0.1) is 12.5 Å². The summed E-state index contributed by atoms with van der Waals surface area (Å²) in [4.78, 5) is 16.5. The van der Waals surface area contributed by atoms with E-state index in [1.165, 1.54) is 81.8 Å². The Morgan fingerprint density at radius 2 is 1.41 bits per heavy atom. The van der Waals surface area contributed by atoms with Crippen molar-refractivity contribution < 1.29 is 9.53 Å². The number of hydrogen-bond donors (Lipinski definition) is 0. The summed E-state index contributed by atoms with van der Waals surface area (Å²) in [7, 11) is 0. The smallest absolute Gasteiger partial charge is 0.223 e. The Balaban J connectivity index is 1.28. The number of nitrogens with zero attached hydrogens (tertiary/aromatic N) is 2. The van der Waals surface area contributed by atoms with Gasteiger partial charge in [-0.3, -0.25) is 4.79 Å². The van der Waals surface area contributed by atoms with E-state index in [1.807, 2.05) is 16.7 Å². The van der Waals surface area contributed by atoms with E-state index in [2.05, 4.69) is 72.0 Å². The third-order valence-electron chi connectivity index (χ3n) is 7.44. The van der Waals surface area contributed by atoms with Gasteiger partial charge in [0.2, 0.25) is 5.91 Å². The molecule has 0 radical (unpaired) electrons. The Labute approximate surface area is 242 Å². The molecule has 0 saturated heterocycles. The van der Waals surface area contributed by atoms with Gasteiger partial charge < -0.3 is 14.5 Å². The van der Waals surface area contributed by atoms with Crippen LogP contribution in [0.15, 0.2) is 60.1 Å². The van der Waals surface area contributed by atoms with Gasteiger partial charge in [-0.1, -0.05) is 102 Å². The van der Waals surface area contributed by atoms with Crippen LogP contribution in [0.5, 0.6) is 5.75 Å². The molecule has 1 amide bonds. The van der Waals surface area contributed by atoms with Gasteiger partial charge in [-0.15, -0.1) is 11.8 Å². The summed E-state index contributed by atoms with van der Waals surface area (Å²) < 4.78 is 5.97. The van der Waals surface area contributed by atoms with E-state index in [4.69, 9.17) is 4.74 Å². The molecule has 1 heterocycles. The van der Waals surface area contributed by atoms with Crippen molar-refractivity contribution in [2.24, 2.45) is 0 Å². The topological polar surface area (TPSA) is 32.8 Å². The number of anilines is 1. The molecular formula is C34H50N2O2S. The van der Waals surface area contributed by atoms with Gasteiger partial charge in [-0.2, -0.15) is 0 Å². The fourth-order valence-corrected chi connectivity index (χ4v) is 5.73. The molecule has 5 heteroatoms. The van der Waals surface area contributed by atoms with E-state index in [0.717, 1.165) is 43.3 Å². The standard InChI is InChI=1S/C34H50N2O2S/c1-3-4-5-6-7-8-9-10-11-12-13-14-26-38-34-21-17-31(18-22-34)23-24-36(30(2)37)33-19-15-32(16-20-33)28-35-25-27-39-29-35/h15-22,25,27H,3-14,23-24,26,28-29H2,1-2H3. The molecule has 0 fully saturated rings. The van der Waals surface area contributed by atoms with Gasteiger partial charge in [-0.05, 0) is 53.6 Å². The SMILES string of the molecule is CCCCCCCCCCCCCCOc1ccc(CCN(C(C)=O)c2ccc(CN3C=CSC3)cc2)cc1. The van der Waals surface area contributed by atoms with Gasteiger partial charge in [0.1, 0.15) is 5.75 Å². The Bertz CT molecular complexity index is 958. The number of rotatable bonds is 20. The predicted octanol–water partition coefficient (Wildman–Crippen LogP) is 9.34. The molecule has 0 unspecified atom stereocenters. The summed E-state index contributed by atoms with van der Waals surface area (Å²) >= 11 is 1.81. The maximum Gasteiger partial charge on any atom is 0.223 e. The first-order valence-corrected chi connectivity index (χ1v) is 16.3. The number of thioether (sulfide) groups is 1. The average Bonchev–Trinajstić information content (AvgIpc) is 3.46. The fourth-order valence-electron chi connectivity index (χ4n) is 5.02. The van der Waals surface area contributed by atoms with E-state index in [0.29, 0.717) is 6.54 Å². The zero-order chi connectivity index (χ0) is 27.5. The highest BCUT2D eigenvalue weighted by molar-refractivity contribution is 8.02. The quantitative estimate of drug-likeness (QED) is 0.154. The summed E-state index contributed by atoms with van der Waals surface area (Å²) in [5.41, 5.74) is 3.43. The van der Waals surface area contributed by atoms with Gasteiger partial charge in [0, 0.05) is 31.9 Å². The zero-order valence-electron chi connectivity index (χ0n) is 24.4. The number of carbonyl (C=O) groups is 1. The highest BCUT2D eigenvalue weighted by atomic mass is 32.2. The van der Waals surface area contributed by atoms with Crippen molar-refractivity contribution in [3.63, 3.8) is 0 Å². The Kier molecular flexibility index (Phi) is 15.0. The van der Waals surface area contributed by atoms with Crippen LogP contribution in [-0.2, 0) is 17.8 Å². The molecule has 214 valence electrons. The van der Waals surface area contributed by atoms with Gasteiger partial charge in [0.15, 0.2) is 0 Å². The number of unbranched alkanes of at least 4 members (excludes halogenated alkanes) is 11. The molecular weight excluding hydrogens is 500 g/mol. The summed E-state index contributed by atoms with van der Waals surface area (Å²) in [6, 6.07) is 16.8. The van der Waals surface area contributed by atoms with Crippen LogP contribution in [0, 0.1) is 0 Å². The lowest BCUT2D eigenvalue weighted by atomic mass is 10.1. The van der Waals surface area contributed by atoms with Crippen molar-refractivity contribution >= 4 is 23.4 Å². The largest absolute Gasteiger partial charge is 0.494 e. The number of benzene rings is 2. The van der Waals surface area contributed by atoms with Crippen LogP contribution in [0.4, 0.5) is 5.69 Å². The molecule has 3 rings (SSSR count). The van der Waals surface area contributed by atoms with Crippen molar-refractivity contribution in [1.82, 2.24) is 4.90 Å². The zero-order valence-corrected chi connectivity index (χ0v) is 25.2. The summed E-state index contributed by atoms with van der Waals surface area (Å²) in [6.45, 7) is 6.28. The van der Waals surface area contributed by atoms with Crippen molar-refractivity contribution in [3.8, 4) is 5.75 Å². The molecule has 0 saturated carbocycles. The highest BCUT2D eigenvalue weighted by Crippen LogP contribution is 2.21. The normalized spacial score (nSPS) is 12.7. The Morgan fingerprint density at radius 1 is 0.821 bits per heavy atom. The lowest BCUT2D eigenvalue weighted by Crippen LogP contribution is -2.30. The van der Waals surface area contributed by atoms with Crippen LogP contribution < -0.4 is 9.64 Å². The molecule has 39 heavy (non-hydrogen) atoms. The lowest BCUT2D eigenvalue weighted by molar-refractivity contribution is -0.116. The number of ether oxygens (including phenoxy) is 1. The van der Waals surface area contributed by atoms with Crippen LogP contribution in [0.25, 0.3) is 0 Å².